The molecule has 2 aromatic heterocycles. The summed E-state index contributed by atoms with van der Waals surface area (Å²) in [6.45, 7) is 2.08. The number of sulfonamides is 1. The van der Waals surface area contributed by atoms with Gasteiger partial charge in [-0.3, -0.25) is 0 Å². The molecule has 3 heterocycles. The summed E-state index contributed by atoms with van der Waals surface area (Å²) in [4.78, 5) is 7.18. The van der Waals surface area contributed by atoms with Crippen LogP contribution in [0.15, 0.2) is 23.4 Å². The Labute approximate surface area is 146 Å². The maximum Gasteiger partial charge on any atom is 0.245 e. The van der Waals surface area contributed by atoms with Gasteiger partial charge < -0.3 is 15.5 Å². The van der Waals surface area contributed by atoms with Gasteiger partial charge in [-0.05, 0) is 31.9 Å². The van der Waals surface area contributed by atoms with Crippen molar-refractivity contribution >= 4 is 32.7 Å². The molecule has 1 fully saturated rings. The Balaban J connectivity index is 1.75. The van der Waals surface area contributed by atoms with E-state index in [-0.39, 0.29) is 11.0 Å². The number of hydrogen-bond donors (Lipinski definition) is 2. The number of aromatic amines is 1. The van der Waals surface area contributed by atoms with Crippen LogP contribution in [0.1, 0.15) is 19.3 Å². The third-order valence-corrected chi connectivity index (χ3v) is 6.45. The number of nitrogens with one attached hydrogen (secondary N) is 1. The predicted octanol–water partition coefficient (Wildman–Crippen LogP) is 1.73. The highest BCUT2D eigenvalue weighted by Crippen LogP contribution is 2.31. The van der Waals surface area contributed by atoms with Gasteiger partial charge in [0.1, 0.15) is 10.5 Å². The van der Waals surface area contributed by atoms with Crippen molar-refractivity contribution in [3.8, 4) is 0 Å². The number of pyridine rings is 1. The first-order valence-corrected chi connectivity index (χ1v) is 9.79. The average Bonchev–Trinajstić information content (AvgIpc) is 3.02. The fourth-order valence-corrected chi connectivity index (χ4v) is 4.85. The summed E-state index contributed by atoms with van der Waals surface area (Å²) in [6.07, 6.45) is 5.27. The number of ether oxygens (including phenoxy) is 1. The first kappa shape index (κ1) is 17.6. The number of hydrogen-bond acceptors (Lipinski definition) is 5. The van der Waals surface area contributed by atoms with E-state index in [2.05, 4.69) is 9.97 Å². The van der Waals surface area contributed by atoms with Gasteiger partial charge in [0.15, 0.2) is 0 Å². The van der Waals surface area contributed by atoms with E-state index in [0.29, 0.717) is 55.1 Å². The molecule has 1 aliphatic heterocycles. The summed E-state index contributed by atoms with van der Waals surface area (Å²) in [5, 5.41) is 0.820. The minimum absolute atomic E-state index is 0.0937. The first-order valence-electron chi connectivity index (χ1n) is 7.97. The zero-order valence-electron chi connectivity index (χ0n) is 13.2. The van der Waals surface area contributed by atoms with E-state index < -0.39 is 10.0 Å². The average molecular weight is 373 g/mol. The number of halogens is 1. The van der Waals surface area contributed by atoms with Gasteiger partial charge >= 0.3 is 0 Å². The summed E-state index contributed by atoms with van der Waals surface area (Å²) in [5.41, 5.74) is 5.92. The summed E-state index contributed by atoms with van der Waals surface area (Å²) in [7, 11) is -3.61. The number of H-pyrrole nitrogens is 1. The summed E-state index contributed by atoms with van der Waals surface area (Å²) in [5.74, 6) is 0. The molecule has 0 atom stereocenters. The van der Waals surface area contributed by atoms with Crippen LogP contribution in [-0.2, 0) is 14.8 Å². The number of rotatable bonds is 6. The molecule has 3 rings (SSSR count). The zero-order valence-corrected chi connectivity index (χ0v) is 14.8. The maximum absolute atomic E-state index is 12.9. The zero-order chi connectivity index (χ0) is 17.2. The third-order valence-electron chi connectivity index (χ3n) is 4.21. The van der Waals surface area contributed by atoms with Gasteiger partial charge in [-0.1, -0.05) is 11.6 Å². The SMILES string of the molecule is NCCCOC1CCN(S(=O)(=O)c2c[nH]c3nccc(Cl)c23)CC1. The van der Waals surface area contributed by atoms with Gasteiger partial charge in [-0.25, -0.2) is 13.4 Å². The highest BCUT2D eigenvalue weighted by Gasteiger charge is 2.32. The van der Waals surface area contributed by atoms with E-state index in [1.807, 2.05) is 0 Å². The molecular formula is C15H21ClN4O3S. The van der Waals surface area contributed by atoms with Crippen LogP contribution >= 0.6 is 11.6 Å². The minimum atomic E-state index is -3.61. The van der Waals surface area contributed by atoms with E-state index in [1.165, 1.54) is 10.5 Å². The van der Waals surface area contributed by atoms with Crippen molar-refractivity contribution in [3.63, 3.8) is 0 Å². The molecule has 3 N–H and O–H groups in total. The maximum atomic E-state index is 12.9. The quantitative estimate of drug-likeness (QED) is 0.752. The van der Waals surface area contributed by atoms with Crippen molar-refractivity contribution in [1.82, 2.24) is 14.3 Å². The van der Waals surface area contributed by atoms with E-state index in [0.717, 1.165) is 6.42 Å². The van der Waals surface area contributed by atoms with Gasteiger partial charge in [-0.15, -0.1) is 0 Å². The van der Waals surface area contributed by atoms with Gasteiger partial charge in [0.05, 0.1) is 16.5 Å². The van der Waals surface area contributed by atoms with Crippen LogP contribution in [0.4, 0.5) is 0 Å². The van der Waals surface area contributed by atoms with Crippen LogP contribution in [-0.4, -0.2) is 55.0 Å². The topological polar surface area (TPSA) is 101 Å². The van der Waals surface area contributed by atoms with Crippen molar-refractivity contribution in [2.75, 3.05) is 26.2 Å². The van der Waals surface area contributed by atoms with Crippen molar-refractivity contribution < 1.29 is 13.2 Å². The summed E-state index contributed by atoms with van der Waals surface area (Å²) >= 11 is 6.17. The number of aromatic nitrogens is 2. The second-order valence-electron chi connectivity index (χ2n) is 5.79. The van der Waals surface area contributed by atoms with Gasteiger partial charge in [0, 0.05) is 32.1 Å². The van der Waals surface area contributed by atoms with Crippen LogP contribution in [0, 0.1) is 0 Å². The molecule has 0 bridgehead atoms. The second kappa shape index (κ2) is 7.37. The fourth-order valence-electron chi connectivity index (χ4n) is 2.90. The van der Waals surface area contributed by atoms with Gasteiger partial charge in [0.25, 0.3) is 0 Å². The molecule has 7 nitrogen and oxygen atoms in total. The van der Waals surface area contributed by atoms with Gasteiger partial charge in [-0.2, -0.15) is 4.31 Å². The van der Waals surface area contributed by atoms with Gasteiger partial charge in [0.2, 0.25) is 10.0 Å². The Morgan fingerprint density at radius 3 is 2.88 bits per heavy atom. The molecule has 1 aliphatic rings. The van der Waals surface area contributed by atoms with Crippen molar-refractivity contribution in [1.29, 1.82) is 0 Å². The van der Waals surface area contributed by atoms with Crippen LogP contribution in [0.25, 0.3) is 11.0 Å². The van der Waals surface area contributed by atoms with E-state index >= 15 is 0 Å². The summed E-state index contributed by atoms with van der Waals surface area (Å²) < 4.78 is 33.1. The Morgan fingerprint density at radius 1 is 1.42 bits per heavy atom. The molecule has 0 radical (unpaired) electrons. The van der Waals surface area contributed by atoms with Crippen LogP contribution in [0.5, 0.6) is 0 Å². The Kier molecular flexibility index (Phi) is 5.41. The smallest absolute Gasteiger partial charge is 0.245 e. The molecule has 0 aliphatic carbocycles. The lowest BCUT2D eigenvalue weighted by atomic mass is 10.1. The Morgan fingerprint density at radius 2 is 2.17 bits per heavy atom. The monoisotopic (exact) mass is 372 g/mol. The highest BCUT2D eigenvalue weighted by molar-refractivity contribution is 7.89. The number of nitrogens with two attached hydrogens (primary N) is 1. The largest absolute Gasteiger partial charge is 0.378 e. The number of nitrogens with zero attached hydrogens (tertiary/aromatic N) is 2. The molecule has 0 spiro atoms. The molecule has 9 heteroatoms. The lowest BCUT2D eigenvalue weighted by Crippen LogP contribution is -2.40. The molecule has 132 valence electrons. The molecule has 0 aromatic carbocycles. The third kappa shape index (κ3) is 3.43. The summed E-state index contributed by atoms with van der Waals surface area (Å²) in [6, 6.07) is 1.59. The van der Waals surface area contributed by atoms with E-state index in [9.17, 15) is 8.42 Å². The number of fused-ring (bicyclic) bond motifs is 1. The lowest BCUT2D eigenvalue weighted by molar-refractivity contribution is 0.0209. The second-order valence-corrected chi connectivity index (χ2v) is 8.10. The fraction of sp³-hybridized carbons (Fsp3) is 0.533. The lowest BCUT2D eigenvalue weighted by Gasteiger charge is -2.31. The normalized spacial score (nSPS) is 17.6. The minimum Gasteiger partial charge on any atom is -0.378 e. The molecule has 2 aromatic rings. The molecule has 0 amide bonds. The first-order chi connectivity index (χ1) is 11.5. The van der Waals surface area contributed by atoms with E-state index in [4.69, 9.17) is 22.1 Å². The van der Waals surface area contributed by atoms with E-state index in [1.54, 1.807) is 12.3 Å². The molecule has 1 saturated heterocycles. The predicted molar refractivity (Wildman–Crippen MR) is 92.5 cm³/mol. The molecule has 0 unspecified atom stereocenters. The molecular weight excluding hydrogens is 352 g/mol. The van der Waals surface area contributed by atoms with Crippen molar-refractivity contribution in [3.05, 3.63) is 23.5 Å². The van der Waals surface area contributed by atoms with Crippen molar-refractivity contribution in [2.24, 2.45) is 5.73 Å². The van der Waals surface area contributed by atoms with Crippen LogP contribution in [0.3, 0.4) is 0 Å². The number of piperidine rings is 1. The molecule has 0 saturated carbocycles. The van der Waals surface area contributed by atoms with Crippen LogP contribution < -0.4 is 5.73 Å². The molecule has 24 heavy (non-hydrogen) atoms. The Bertz CT molecular complexity index is 800. The standard InChI is InChI=1S/C15H21ClN4O3S/c16-12-2-6-18-15-14(12)13(10-19-15)24(21,22)20-7-3-11(4-8-20)23-9-1-5-17/h2,6,10-11H,1,3-5,7-9,17H2,(H,18,19). The van der Waals surface area contributed by atoms with Crippen molar-refractivity contribution in [2.45, 2.75) is 30.3 Å². The highest BCUT2D eigenvalue weighted by atomic mass is 35.5. The Hall–Kier alpha value is -1.19. The van der Waals surface area contributed by atoms with Crippen LogP contribution in [0.2, 0.25) is 5.02 Å².